The molecule has 0 fully saturated rings. The van der Waals surface area contributed by atoms with Gasteiger partial charge in [0.05, 0.1) is 0 Å². The highest BCUT2D eigenvalue weighted by Gasteiger charge is 2.04. The smallest absolute Gasteiger partial charge is 0.0243 e. The van der Waals surface area contributed by atoms with Gasteiger partial charge in [-0.25, -0.2) is 0 Å². The number of nitrogens with one attached hydrogen (secondary N) is 1. The van der Waals surface area contributed by atoms with Gasteiger partial charge in [-0.2, -0.15) is 0 Å². The number of rotatable bonds is 11. The molecule has 0 aromatic rings. The van der Waals surface area contributed by atoms with Crippen molar-refractivity contribution in [3.63, 3.8) is 0 Å². The third-order valence-electron chi connectivity index (χ3n) is 3.17. The van der Waals surface area contributed by atoms with Gasteiger partial charge < -0.3 is 5.32 Å². The maximum absolute atomic E-state index is 3.53. The van der Waals surface area contributed by atoms with Gasteiger partial charge in [-0.3, -0.25) is 0 Å². The van der Waals surface area contributed by atoms with E-state index in [2.05, 4.69) is 31.0 Å². The first-order valence-electron chi connectivity index (χ1n) is 7.48. The summed E-state index contributed by atoms with van der Waals surface area (Å²) in [7, 11) is 0. The summed E-state index contributed by atoms with van der Waals surface area (Å²) in [6, 6.07) is 0.614. The van der Waals surface area contributed by atoms with Gasteiger partial charge in [0.1, 0.15) is 0 Å². The normalized spacial score (nSPS) is 11.9. The molecule has 0 amide bonds. The number of hydrogen-bond acceptors (Lipinski definition) is 1. The van der Waals surface area contributed by atoms with Crippen molar-refractivity contribution in [1.82, 2.24) is 5.32 Å². The second-order valence-corrected chi connectivity index (χ2v) is 4.80. The summed E-state index contributed by atoms with van der Waals surface area (Å²) in [6.07, 6.45) is 12.1. The maximum atomic E-state index is 3.53. The Bertz CT molecular complexity index is 199. The van der Waals surface area contributed by atoms with E-state index in [1.165, 1.54) is 51.4 Å². The highest BCUT2D eigenvalue weighted by atomic mass is 14.9. The van der Waals surface area contributed by atoms with Crippen molar-refractivity contribution in [2.75, 3.05) is 6.54 Å². The zero-order chi connectivity index (χ0) is 12.8. The van der Waals surface area contributed by atoms with Gasteiger partial charge in [0.2, 0.25) is 0 Å². The summed E-state index contributed by atoms with van der Waals surface area (Å²) in [5.41, 5.74) is 0. The largest absolute Gasteiger partial charge is 0.313 e. The topological polar surface area (TPSA) is 12.0 Å². The monoisotopic (exact) mass is 237 g/mol. The van der Waals surface area contributed by atoms with Gasteiger partial charge in [-0.15, -0.1) is 11.8 Å². The van der Waals surface area contributed by atoms with Crippen LogP contribution in [-0.2, 0) is 0 Å². The fourth-order valence-electron chi connectivity index (χ4n) is 2.14. The van der Waals surface area contributed by atoms with E-state index in [1.54, 1.807) is 0 Å². The lowest BCUT2D eigenvalue weighted by molar-refractivity contribution is 0.468. The van der Waals surface area contributed by atoms with Crippen LogP contribution in [0.15, 0.2) is 0 Å². The molecule has 0 heterocycles. The second kappa shape index (κ2) is 13.6. The fraction of sp³-hybridized carbons (Fsp3) is 0.875. The lowest BCUT2D eigenvalue weighted by Gasteiger charge is -2.14. The van der Waals surface area contributed by atoms with Crippen molar-refractivity contribution < 1.29 is 0 Å². The molecule has 0 radical (unpaired) electrons. The van der Waals surface area contributed by atoms with Gasteiger partial charge in [-0.05, 0) is 19.9 Å². The fourth-order valence-corrected chi connectivity index (χ4v) is 2.14. The summed E-state index contributed by atoms with van der Waals surface area (Å²) in [4.78, 5) is 0. The molecular weight excluding hydrogens is 206 g/mol. The van der Waals surface area contributed by atoms with Gasteiger partial charge in [-0.1, -0.05) is 58.8 Å². The van der Waals surface area contributed by atoms with Crippen molar-refractivity contribution in [3.8, 4) is 11.8 Å². The molecule has 0 aliphatic rings. The second-order valence-electron chi connectivity index (χ2n) is 4.80. The van der Waals surface area contributed by atoms with Crippen LogP contribution in [0.4, 0.5) is 0 Å². The predicted octanol–water partition coefficient (Wildman–Crippen LogP) is 4.52. The molecule has 0 spiro atoms. The molecule has 0 saturated carbocycles. The summed E-state index contributed by atoms with van der Waals surface area (Å²) in [6.45, 7) is 7.44. The molecule has 0 saturated heterocycles. The third kappa shape index (κ3) is 11.8. The van der Waals surface area contributed by atoms with Crippen molar-refractivity contribution in [2.24, 2.45) is 0 Å². The molecule has 17 heavy (non-hydrogen) atoms. The molecule has 1 unspecified atom stereocenters. The van der Waals surface area contributed by atoms with Crippen molar-refractivity contribution in [2.45, 2.75) is 84.6 Å². The van der Waals surface area contributed by atoms with Crippen LogP contribution in [0, 0.1) is 11.8 Å². The first kappa shape index (κ1) is 16.5. The van der Waals surface area contributed by atoms with E-state index in [1.807, 2.05) is 6.92 Å². The minimum Gasteiger partial charge on any atom is -0.313 e. The molecule has 0 aromatic heterocycles. The van der Waals surface area contributed by atoms with Crippen LogP contribution in [0.25, 0.3) is 0 Å². The van der Waals surface area contributed by atoms with E-state index in [4.69, 9.17) is 0 Å². The average Bonchev–Trinajstić information content (AvgIpc) is 2.34. The van der Waals surface area contributed by atoms with Crippen molar-refractivity contribution in [3.05, 3.63) is 0 Å². The van der Waals surface area contributed by atoms with Gasteiger partial charge in [0.15, 0.2) is 0 Å². The number of hydrogen-bond donors (Lipinski definition) is 1. The van der Waals surface area contributed by atoms with E-state index in [0.29, 0.717) is 6.04 Å². The maximum Gasteiger partial charge on any atom is 0.0243 e. The molecule has 0 aromatic carbocycles. The zero-order valence-electron chi connectivity index (χ0n) is 12.1. The molecule has 0 aliphatic heterocycles. The van der Waals surface area contributed by atoms with E-state index in [0.717, 1.165) is 13.0 Å². The standard InChI is InChI=1S/C16H31N/c1-4-7-9-10-11-12-13-15-16(17-6-3)14-8-5-2/h16-17H,4,6-7,9-15H2,1-3H3. The quantitative estimate of drug-likeness (QED) is 0.411. The number of unbranched alkanes of at least 4 members (excludes halogenated alkanes) is 6. The molecular formula is C16H31N. The van der Waals surface area contributed by atoms with Gasteiger partial charge >= 0.3 is 0 Å². The van der Waals surface area contributed by atoms with Crippen LogP contribution in [0.5, 0.6) is 0 Å². The van der Waals surface area contributed by atoms with Gasteiger partial charge in [0, 0.05) is 12.5 Å². The Labute approximate surface area is 109 Å². The first-order chi connectivity index (χ1) is 8.35. The van der Waals surface area contributed by atoms with Crippen LogP contribution in [-0.4, -0.2) is 12.6 Å². The minimum atomic E-state index is 0.614. The molecule has 0 aliphatic carbocycles. The lowest BCUT2D eigenvalue weighted by atomic mass is 10.0. The van der Waals surface area contributed by atoms with Crippen LogP contribution < -0.4 is 5.32 Å². The van der Waals surface area contributed by atoms with Gasteiger partial charge in [0.25, 0.3) is 0 Å². The Morgan fingerprint density at radius 1 is 0.941 bits per heavy atom. The molecule has 0 bridgehead atoms. The summed E-state index contributed by atoms with van der Waals surface area (Å²) in [5, 5.41) is 3.53. The van der Waals surface area contributed by atoms with Crippen LogP contribution in [0.3, 0.4) is 0 Å². The molecule has 0 rings (SSSR count). The zero-order valence-corrected chi connectivity index (χ0v) is 12.1. The summed E-state index contributed by atoms with van der Waals surface area (Å²) < 4.78 is 0. The minimum absolute atomic E-state index is 0.614. The van der Waals surface area contributed by atoms with Crippen molar-refractivity contribution >= 4 is 0 Å². The van der Waals surface area contributed by atoms with Crippen LogP contribution in [0.2, 0.25) is 0 Å². The molecule has 100 valence electrons. The Balaban J connectivity index is 3.42. The Hall–Kier alpha value is -0.480. The Morgan fingerprint density at radius 2 is 1.59 bits per heavy atom. The molecule has 1 nitrogen and oxygen atoms in total. The van der Waals surface area contributed by atoms with Crippen molar-refractivity contribution in [1.29, 1.82) is 0 Å². The highest BCUT2D eigenvalue weighted by molar-refractivity contribution is 4.98. The summed E-state index contributed by atoms with van der Waals surface area (Å²) in [5.74, 6) is 6.18. The predicted molar refractivity (Wildman–Crippen MR) is 78.1 cm³/mol. The molecule has 1 heteroatoms. The average molecular weight is 237 g/mol. The highest BCUT2D eigenvalue weighted by Crippen LogP contribution is 2.10. The SMILES string of the molecule is CC#CCC(CCCCCCCCC)NCC. The Morgan fingerprint density at radius 3 is 2.18 bits per heavy atom. The molecule has 1 atom stereocenters. The van der Waals surface area contributed by atoms with Crippen LogP contribution >= 0.6 is 0 Å². The lowest BCUT2D eigenvalue weighted by Crippen LogP contribution is -2.28. The van der Waals surface area contributed by atoms with E-state index in [-0.39, 0.29) is 0 Å². The van der Waals surface area contributed by atoms with E-state index >= 15 is 0 Å². The van der Waals surface area contributed by atoms with E-state index < -0.39 is 0 Å². The molecule has 1 N–H and O–H groups in total. The Kier molecular flexibility index (Phi) is 13.2. The first-order valence-corrected chi connectivity index (χ1v) is 7.48. The van der Waals surface area contributed by atoms with E-state index in [9.17, 15) is 0 Å². The summed E-state index contributed by atoms with van der Waals surface area (Å²) >= 11 is 0. The van der Waals surface area contributed by atoms with Crippen LogP contribution in [0.1, 0.15) is 78.6 Å². The third-order valence-corrected chi connectivity index (χ3v) is 3.17.